The minimum atomic E-state index is 1.12. The zero-order chi connectivity index (χ0) is 42.7. The Kier molecular flexibility index (Phi) is 10.3. The lowest BCUT2D eigenvalue weighted by atomic mass is 9.90. The summed E-state index contributed by atoms with van der Waals surface area (Å²) in [6.07, 6.45) is 0. The van der Waals surface area contributed by atoms with Gasteiger partial charge in [-0.15, -0.1) is 0 Å². The Morgan fingerprint density at radius 2 is 0.344 bits per heavy atom. The van der Waals surface area contributed by atoms with E-state index >= 15 is 0 Å². The molecule has 2 nitrogen and oxygen atoms in total. The van der Waals surface area contributed by atoms with Crippen LogP contribution >= 0.6 is 0 Å². The van der Waals surface area contributed by atoms with Gasteiger partial charge in [0.2, 0.25) is 0 Å². The normalized spacial score (nSPS) is 11.1. The predicted octanol–water partition coefficient (Wildman–Crippen LogP) is 17.6. The number of fused-ring (bicyclic) bond motifs is 2. The lowest BCUT2D eigenvalue weighted by molar-refractivity contribution is 1.28. The SMILES string of the molecule is c1ccc(N(c2ccccc2)c2ccc(-c3ccc(-c4ccc(-c5ccc(-c6ccc(N(c7ccccc7)c7ccccc7)cc6)c6ccccc56)cc4)c4ccccc34)cc2)cc1. The lowest BCUT2D eigenvalue weighted by Crippen LogP contribution is -2.09. The zero-order valence-electron chi connectivity index (χ0n) is 35.3. The molecule has 0 saturated carbocycles. The van der Waals surface area contributed by atoms with Crippen molar-refractivity contribution in [1.29, 1.82) is 0 Å². The van der Waals surface area contributed by atoms with E-state index < -0.39 is 0 Å². The minimum Gasteiger partial charge on any atom is -0.311 e. The summed E-state index contributed by atoms with van der Waals surface area (Å²) in [4.78, 5) is 4.61. The third-order valence-corrected chi connectivity index (χ3v) is 12.3. The number of nitrogens with zero attached hydrogens (tertiary/aromatic N) is 2. The fourth-order valence-electron chi connectivity index (χ4n) is 9.22. The van der Waals surface area contributed by atoms with E-state index in [0.717, 1.165) is 34.1 Å². The minimum absolute atomic E-state index is 1.12. The monoisotopic (exact) mass is 816 g/mol. The van der Waals surface area contributed by atoms with Gasteiger partial charge in [-0.1, -0.05) is 194 Å². The van der Waals surface area contributed by atoms with E-state index in [4.69, 9.17) is 0 Å². The molecule has 2 heteroatoms. The van der Waals surface area contributed by atoms with Crippen molar-refractivity contribution >= 4 is 55.7 Å². The number of benzene rings is 11. The van der Waals surface area contributed by atoms with E-state index in [1.807, 2.05) is 0 Å². The highest BCUT2D eigenvalue weighted by Gasteiger charge is 2.16. The van der Waals surface area contributed by atoms with Gasteiger partial charge in [-0.25, -0.2) is 0 Å². The van der Waals surface area contributed by atoms with Crippen LogP contribution in [-0.4, -0.2) is 0 Å². The Bertz CT molecular complexity index is 3020. The van der Waals surface area contributed by atoms with E-state index in [1.165, 1.54) is 66.1 Å². The lowest BCUT2D eigenvalue weighted by Gasteiger charge is -2.25. The van der Waals surface area contributed by atoms with Gasteiger partial charge in [0.1, 0.15) is 0 Å². The van der Waals surface area contributed by atoms with Crippen molar-refractivity contribution in [2.45, 2.75) is 0 Å². The molecule has 302 valence electrons. The second kappa shape index (κ2) is 17.1. The summed E-state index contributed by atoms with van der Waals surface area (Å²) in [6.45, 7) is 0. The Hall–Kier alpha value is -8.46. The zero-order valence-corrected chi connectivity index (χ0v) is 35.3. The van der Waals surface area contributed by atoms with Gasteiger partial charge in [0.15, 0.2) is 0 Å². The van der Waals surface area contributed by atoms with Gasteiger partial charge in [-0.3, -0.25) is 0 Å². The average Bonchev–Trinajstić information content (AvgIpc) is 3.38. The smallest absolute Gasteiger partial charge is 0.0462 e. The summed E-state index contributed by atoms with van der Waals surface area (Å²) in [7, 11) is 0. The molecule has 0 aliphatic heterocycles. The molecule has 11 aromatic rings. The predicted molar refractivity (Wildman–Crippen MR) is 273 cm³/mol. The van der Waals surface area contributed by atoms with E-state index in [0.29, 0.717) is 0 Å². The van der Waals surface area contributed by atoms with Crippen molar-refractivity contribution in [3.8, 4) is 44.5 Å². The van der Waals surface area contributed by atoms with Crippen molar-refractivity contribution in [3.05, 3.63) is 267 Å². The number of para-hydroxylation sites is 4. The van der Waals surface area contributed by atoms with Crippen LogP contribution in [0.3, 0.4) is 0 Å². The Morgan fingerprint density at radius 3 is 0.578 bits per heavy atom. The van der Waals surface area contributed by atoms with Gasteiger partial charge in [-0.2, -0.15) is 0 Å². The van der Waals surface area contributed by atoms with Crippen LogP contribution in [0.4, 0.5) is 34.1 Å². The molecule has 0 amide bonds. The van der Waals surface area contributed by atoms with Crippen LogP contribution in [0.5, 0.6) is 0 Å². The van der Waals surface area contributed by atoms with Gasteiger partial charge in [0, 0.05) is 34.1 Å². The highest BCUT2D eigenvalue weighted by atomic mass is 15.1. The molecule has 0 heterocycles. The second-order valence-electron chi connectivity index (χ2n) is 16.1. The molecule has 11 rings (SSSR count). The molecule has 0 unspecified atom stereocenters. The maximum absolute atomic E-state index is 2.30. The Morgan fingerprint density at radius 1 is 0.156 bits per heavy atom. The summed E-state index contributed by atoms with van der Waals surface area (Å²) in [5, 5.41) is 4.96. The van der Waals surface area contributed by atoms with Crippen LogP contribution in [0, 0.1) is 0 Å². The van der Waals surface area contributed by atoms with Gasteiger partial charge >= 0.3 is 0 Å². The third kappa shape index (κ3) is 7.38. The van der Waals surface area contributed by atoms with Gasteiger partial charge in [-0.05, 0) is 139 Å². The summed E-state index contributed by atoms with van der Waals surface area (Å²) in [5.41, 5.74) is 16.4. The van der Waals surface area contributed by atoms with Crippen LogP contribution < -0.4 is 9.80 Å². The fraction of sp³-hybridized carbons (Fsp3) is 0. The molecule has 0 radical (unpaired) electrons. The number of rotatable bonds is 10. The first-order chi connectivity index (χ1) is 31.8. The first-order valence-corrected chi connectivity index (χ1v) is 21.9. The topological polar surface area (TPSA) is 6.48 Å². The fourth-order valence-corrected chi connectivity index (χ4v) is 9.22. The summed E-state index contributed by atoms with van der Waals surface area (Å²) in [6, 6.07) is 96.0. The largest absolute Gasteiger partial charge is 0.311 e. The van der Waals surface area contributed by atoms with Crippen molar-refractivity contribution in [2.75, 3.05) is 9.80 Å². The maximum atomic E-state index is 2.30. The van der Waals surface area contributed by atoms with E-state index in [2.05, 4.69) is 277 Å². The van der Waals surface area contributed by atoms with Crippen molar-refractivity contribution in [1.82, 2.24) is 0 Å². The molecular weight excluding hydrogens is 773 g/mol. The summed E-state index contributed by atoms with van der Waals surface area (Å²) < 4.78 is 0. The highest BCUT2D eigenvalue weighted by Crippen LogP contribution is 2.42. The number of hydrogen-bond donors (Lipinski definition) is 0. The molecule has 0 aromatic heterocycles. The van der Waals surface area contributed by atoms with Gasteiger partial charge in [0.25, 0.3) is 0 Å². The molecular formula is C62H44N2. The maximum Gasteiger partial charge on any atom is 0.0462 e. The molecule has 0 saturated heterocycles. The summed E-state index contributed by atoms with van der Waals surface area (Å²) >= 11 is 0. The van der Waals surface area contributed by atoms with Crippen LogP contribution in [-0.2, 0) is 0 Å². The molecule has 11 aromatic carbocycles. The number of hydrogen-bond acceptors (Lipinski definition) is 2. The molecule has 64 heavy (non-hydrogen) atoms. The van der Waals surface area contributed by atoms with Crippen LogP contribution in [0.1, 0.15) is 0 Å². The molecule has 0 fully saturated rings. The van der Waals surface area contributed by atoms with E-state index in [-0.39, 0.29) is 0 Å². The van der Waals surface area contributed by atoms with Crippen LogP contribution in [0.2, 0.25) is 0 Å². The quantitative estimate of drug-likeness (QED) is 0.136. The van der Waals surface area contributed by atoms with E-state index in [1.54, 1.807) is 0 Å². The van der Waals surface area contributed by atoms with E-state index in [9.17, 15) is 0 Å². The van der Waals surface area contributed by atoms with Crippen molar-refractivity contribution in [2.24, 2.45) is 0 Å². The molecule has 0 atom stereocenters. The van der Waals surface area contributed by atoms with Crippen molar-refractivity contribution < 1.29 is 0 Å². The second-order valence-corrected chi connectivity index (χ2v) is 16.1. The first kappa shape index (κ1) is 38.5. The van der Waals surface area contributed by atoms with Gasteiger partial charge in [0.05, 0.1) is 0 Å². The average molecular weight is 817 g/mol. The standard InChI is InChI=1S/C62H44N2/c1-5-17-49(18-6-1)63(50-19-7-2-8-20-50)53-37-33-47(34-38-53)57-43-41-55(59-25-13-15-27-61(57)59)45-29-31-46(32-30-45)56-42-44-58(62-28-16-14-26-60(56)62)48-35-39-54(40-36-48)64(51-21-9-3-10-22-51)52-23-11-4-12-24-52/h1-44H. The molecule has 0 spiro atoms. The highest BCUT2D eigenvalue weighted by molar-refractivity contribution is 6.07. The number of anilines is 6. The van der Waals surface area contributed by atoms with Crippen LogP contribution in [0.25, 0.3) is 66.1 Å². The van der Waals surface area contributed by atoms with Crippen molar-refractivity contribution in [3.63, 3.8) is 0 Å². The third-order valence-electron chi connectivity index (χ3n) is 12.3. The molecule has 0 aliphatic carbocycles. The summed E-state index contributed by atoms with van der Waals surface area (Å²) in [5.74, 6) is 0. The molecule has 0 bridgehead atoms. The Labute approximate surface area is 375 Å². The Balaban J connectivity index is 0.888. The van der Waals surface area contributed by atoms with Crippen LogP contribution in [0.15, 0.2) is 267 Å². The molecule has 0 N–H and O–H groups in total. The first-order valence-electron chi connectivity index (χ1n) is 21.9. The van der Waals surface area contributed by atoms with Gasteiger partial charge < -0.3 is 9.80 Å². The molecule has 0 aliphatic rings.